The summed E-state index contributed by atoms with van der Waals surface area (Å²) in [4.78, 5) is 0. The van der Waals surface area contributed by atoms with Crippen LogP contribution in [0.1, 0.15) is 43.4 Å². The van der Waals surface area contributed by atoms with E-state index in [1.165, 1.54) is 22.3 Å². The number of hydrogen-bond donors (Lipinski definition) is 2. The predicted molar refractivity (Wildman–Crippen MR) is 130 cm³/mol. The van der Waals surface area contributed by atoms with Crippen LogP contribution >= 0.6 is 0 Å². The van der Waals surface area contributed by atoms with Crippen LogP contribution < -0.4 is 10.1 Å². The summed E-state index contributed by atoms with van der Waals surface area (Å²) in [5.41, 5.74) is 6.15. The Morgan fingerprint density at radius 2 is 1.35 bits per heavy atom. The molecule has 0 heterocycles. The van der Waals surface area contributed by atoms with Crippen LogP contribution in [0, 0.1) is 0 Å². The monoisotopic (exact) mass is 415 g/mol. The number of hydrogen-bond acceptors (Lipinski definition) is 3. The summed E-state index contributed by atoms with van der Waals surface area (Å²) in [5.74, 6) is 0.763. The van der Waals surface area contributed by atoms with Gasteiger partial charge in [-0.25, -0.2) is 0 Å². The van der Waals surface area contributed by atoms with Gasteiger partial charge in [0.2, 0.25) is 0 Å². The van der Waals surface area contributed by atoms with Crippen molar-refractivity contribution in [2.45, 2.75) is 38.8 Å². The first-order chi connectivity index (χ1) is 15.2. The number of nitrogens with one attached hydrogen (secondary N) is 1. The van der Waals surface area contributed by atoms with Gasteiger partial charge in [-0.15, -0.1) is 0 Å². The molecule has 0 aliphatic heterocycles. The van der Waals surface area contributed by atoms with Crippen molar-refractivity contribution in [1.29, 1.82) is 0 Å². The molecule has 0 saturated carbocycles. The predicted octanol–water partition coefficient (Wildman–Crippen LogP) is 5.79. The van der Waals surface area contributed by atoms with E-state index in [4.69, 9.17) is 4.74 Å². The maximum absolute atomic E-state index is 10.3. The Morgan fingerprint density at radius 1 is 0.806 bits per heavy atom. The third-order valence-corrected chi connectivity index (χ3v) is 5.68. The second-order valence-electron chi connectivity index (χ2n) is 7.65. The molecule has 0 aliphatic carbocycles. The van der Waals surface area contributed by atoms with Gasteiger partial charge in [-0.1, -0.05) is 86.6 Å². The van der Waals surface area contributed by atoms with Gasteiger partial charge >= 0.3 is 0 Å². The number of ether oxygens (including phenoxy) is 1. The Hall–Kier alpha value is -2.88. The van der Waals surface area contributed by atoms with E-state index in [2.05, 4.69) is 85.9 Å². The molecule has 3 aromatic carbocycles. The first-order valence-electron chi connectivity index (χ1n) is 11.1. The molecular formula is C28H33NO2. The lowest BCUT2D eigenvalue weighted by atomic mass is 9.88. The number of rotatable bonds is 10. The van der Waals surface area contributed by atoms with Crippen LogP contribution in [0.2, 0.25) is 0 Å². The maximum Gasteiger partial charge on any atom is 0.119 e. The second kappa shape index (κ2) is 11.5. The Balaban J connectivity index is 1.92. The van der Waals surface area contributed by atoms with Crippen LogP contribution in [0.3, 0.4) is 0 Å². The number of aliphatic hydroxyl groups is 1. The Bertz CT molecular complexity index is 945. The van der Waals surface area contributed by atoms with Gasteiger partial charge in [0, 0.05) is 6.04 Å². The summed E-state index contributed by atoms with van der Waals surface area (Å²) in [6.07, 6.45) is 1.24. The number of aliphatic hydroxyl groups excluding tert-OH is 1. The second-order valence-corrected chi connectivity index (χ2v) is 7.65. The largest absolute Gasteiger partial charge is 0.491 e. The van der Waals surface area contributed by atoms with Crippen LogP contribution in [0.15, 0.2) is 84.9 Å². The molecule has 0 aromatic heterocycles. The quantitative estimate of drug-likeness (QED) is 0.412. The molecule has 31 heavy (non-hydrogen) atoms. The Morgan fingerprint density at radius 3 is 1.87 bits per heavy atom. The van der Waals surface area contributed by atoms with E-state index in [1.54, 1.807) is 0 Å². The topological polar surface area (TPSA) is 41.5 Å². The minimum Gasteiger partial charge on any atom is -0.491 e. The third kappa shape index (κ3) is 5.84. The molecule has 3 nitrogen and oxygen atoms in total. The molecule has 3 aromatic rings. The lowest BCUT2D eigenvalue weighted by molar-refractivity contribution is 0.0743. The Labute approximate surface area is 186 Å². The van der Waals surface area contributed by atoms with E-state index in [1.807, 2.05) is 25.2 Å². The molecule has 2 atom stereocenters. The first-order valence-corrected chi connectivity index (χ1v) is 11.1. The average molecular weight is 416 g/mol. The third-order valence-electron chi connectivity index (χ3n) is 5.68. The first kappa shape index (κ1) is 22.8. The van der Waals surface area contributed by atoms with Gasteiger partial charge < -0.3 is 15.2 Å². The van der Waals surface area contributed by atoms with E-state index in [0.717, 1.165) is 24.2 Å². The van der Waals surface area contributed by atoms with E-state index < -0.39 is 6.10 Å². The molecule has 3 rings (SSSR count). The molecule has 0 amide bonds. The molecule has 0 aliphatic rings. The van der Waals surface area contributed by atoms with Crippen molar-refractivity contribution in [1.82, 2.24) is 5.32 Å². The molecule has 0 radical (unpaired) electrons. The van der Waals surface area contributed by atoms with Gasteiger partial charge in [-0.05, 0) is 59.9 Å². The highest BCUT2D eigenvalue weighted by Gasteiger charge is 2.16. The molecule has 0 bridgehead atoms. The minimum atomic E-state index is -0.542. The highest BCUT2D eigenvalue weighted by Crippen LogP contribution is 2.34. The zero-order chi connectivity index (χ0) is 22.1. The molecule has 0 saturated heterocycles. The number of likely N-dealkylation sites (N-methyl/N-ethyl adjacent to an activating group) is 1. The Kier molecular flexibility index (Phi) is 8.45. The van der Waals surface area contributed by atoms with Crippen molar-refractivity contribution in [3.8, 4) is 5.75 Å². The van der Waals surface area contributed by atoms with Crippen molar-refractivity contribution in [2.75, 3.05) is 13.7 Å². The van der Waals surface area contributed by atoms with Crippen LogP contribution in [0.5, 0.6) is 5.75 Å². The molecule has 162 valence electrons. The van der Waals surface area contributed by atoms with Crippen LogP contribution in [-0.2, 0) is 0 Å². The molecule has 0 fully saturated rings. The summed E-state index contributed by atoms with van der Waals surface area (Å²) >= 11 is 0. The fraction of sp³-hybridized carbons (Fsp3) is 0.286. The summed E-state index contributed by atoms with van der Waals surface area (Å²) in [6.45, 7) is 4.52. The molecule has 2 N–H and O–H groups in total. The van der Waals surface area contributed by atoms with Crippen molar-refractivity contribution >= 4 is 11.1 Å². The van der Waals surface area contributed by atoms with Gasteiger partial charge in [0.25, 0.3) is 0 Å². The van der Waals surface area contributed by atoms with Crippen molar-refractivity contribution in [2.24, 2.45) is 0 Å². The summed E-state index contributed by atoms with van der Waals surface area (Å²) < 4.78 is 5.86. The fourth-order valence-corrected chi connectivity index (χ4v) is 3.97. The maximum atomic E-state index is 10.3. The summed E-state index contributed by atoms with van der Waals surface area (Å²) in [6, 6.07) is 29.3. The molecular weight excluding hydrogens is 382 g/mol. The normalized spacial score (nSPS) is 13.9. The highest BCUT2D eigenvalue weighted by molar-refractivity contribution is 5.98. The lowest BCUT2D eigenvalue weighted by Gasteiger charge is -2.21. The molecule has 0 spiro atoms. The standard InChI is InChI=1S/C28H33NO2/c1-4-25(21-12-8-6-9-13-21)28(22-14-10-7-11-15-22)23-16-18-24(19-17-23)31-20-27(30)26(5-2)29-3/h6-19,26-27,29-30H,4-5,20H2,1-3H3. The molecule has 3 heteroatoms. The zero-order valence-electron chi connectivity index (χ0n) is 18.7. The SMILES string of the molecule is CCC(=C(c1ccccc1)c1ccc(OCC(O)C(CC)NC)cc1)c1ccccc1. The fourth-order valence-electron chi connectivity index (χ4n) is 3.97. The van der Waals surface area contributed by atoms with Crippen molar-refractivity contribution in [3.05, 3.63) is 102 Å². The van der Waals surface area contributed by atoms with E-state index >= 15 is 0 Å². The summed E-state index contributed by atoms with van der Waals surface area (Å²) in [5, 5.41) is 13.4. The number of benzene rings is 3. The van der Waals surface area contributed by atoms with Crippen LogP contribution in [-0.4, -0.2) is 30.9 Å². The van der Waals surface area contributed by atoms with Gasteiger partial charge in [0.15, 0.2) is 0 Å². The van der Waals surface area contributed by atoms with E-state index in [0.29, 0.717) is 0 Å². The van der Waals surface area contributed by atoms with Crippen molar-refractivity contribution < 1.29 is 9.84 Å². The zero-order valence-corrected chi connectivity index (χ0v) is 18.7. The smallest absolute Gasteiger partial charge is 0.119 e. The average Bonchev–Trinajstić information content (AvgIpc) is 2.83. The highest BCUT2D eigenvalue weighted by atomic mass is 16.5. The lowest BCUT2D eigenvalue weighted by Crippen LogP contribution is -2.40. The van der Waals surface area contributed by atoms with Crippen molar-refractivity contribution in [3.63, 3.8) is 0 Å². The van der Waals surface area contributed by atoms with Crippen LogP contribution in [0.25, 0.3) is 11.1 Å². The van der Waals surface area contributed by atoms with Crippen LogP contribution in [0.4, 0.5) is 0 Å². The van der Waals surface area contributed by atoms with Gasteiger partial charge in [-0.3, -0.25) is 0 Å². The van der Waals surface area contributed by atoms with Gasteiger partial charge in [-0.2, -0.15) is 0 Å². The van der Waals surface area contributed by atoms with Gasteiger partial charge in [0.05, 0.1) is 0 Å². The van der Waals surface area contributed by atoms with Gasteiger partial charge in [0.1, 0.15) is 18.5 Å². The molecule has 2 unspecified atom stereocenters. The summed E-state index contributed by atoms with van der Waals surface area (Å²) in [7, 11) is 1.86. The van der Waals surface area contributed by atoms with E-state index in [-0.39, 0.29) is 12.6 Å². The van der Waals surface area contributed by atoms with E-state index in [9.17, 15) is 5.11 Å². The minimum absolute atomic E-state index is 0.0323. The number of allylic oxidation sites excluding steroid dienone is 1.